The Balaban J connectivity index is 3.65. The van der Waals surface area contributed by atoms with Gasteiger partial charge in [0.15, 0.2) is 0 Å². The number of methoxy groups -OCH3 is 2. The second-order valence-electron chi connectivity index (χ2n) is 8.77. The lowest BCUT2D eigenvalue weighted by Crippen LogP contribution is -2.30. The molecule has 3 heteroatoms. The van der Waals surface area contributed by atoms with Crippen LogP contribution >= 0.6 is 15.9 Å². The molecular weight excluding hydrogens is 352 g/mol. The molecule has 0 heterocycles. The molecule has 0 fully saturated rings. The first-order valence-corrected chi connectivity index (χ1v) is 8.99. The van der Waals surface area contributed by atoms with Gasteiger partial charge in [-0.05, 0) is 22.1 Å². The predicted octanol–water partition coefficient (Wildman–Crippen LogP) is 5.59. The van der Waals surface area contributed by atoms with Crippen molar-refractivity contribution in [1.29, 1.82) is 0 Å². The minimum atomic E-state index is -0.0628. The molecule has 1 aromatic rings. The summed E-state index contributed by atoms with van der Waals surface area (Å²) in [6.45, 7) is 17.1. The zero-order valence-electron chi connectivity index (χ0n) is 16.3. The Kier molecular flexibility index (Phi) is 6.51. The summed E-state index contributed by atoms with van der Waals surface area (Å²) in [7, 11) is 3.53. The molecule has 0 atom stereocenters. The van der Waals surface area contributed by atoms with Gasteiger partial charge in [-0.25, -0.2) is 0 Å². The summed E-state index contributed by atoms with van der Waals surface area (Å²) in [6.07, 6.45) is 0. The Morgan fingerprint density at radius 2 is 1.13 bits per heavy atom. The third kappa shape index (κ3) is 4.80. The molecule has 1 aromatic carbocycles. The Morgan fingerprint density at radius 1 is 0.783 bits per heavy atom. The molecule has 1 rings (SSSR count). The summed E-state index contributed by atoms with van der Waals surface area (Å²) in [5.74, 6) is 0. The van der Waals surface area contributed by atoms with Crippen LogP contribution in [0.15, 0.2) is 16.6 Å². The van der Waals surface area contributed by atoms with Crippen LogP contribution in [0.5, 0.6) is 0 Å². The summed E-state index contributed by atoms with van der Waals surface area (Å²) in [5.41, 5.74) is 3.91. The van der Waals surface area contributed by atoms with Gasteiger partial charge in [0.1, 0.15) is 0 Å². The average Bonchev–Trinajstić information content (AvgIpc) is 2.36. The van der Waals surface area contributed by atoms with Crippen molar-refractivity contribution in [2.24, 2.45) is 0 Å². The summed E-state index contributed by atoms with van der Waals surface area (Å²) >= 11 is 3.88. The van der Waals surface area contributed by atoms with E-state index in [9.17, 15) is 0 Å². The smallest absolute Gasteiger partial charge is 0.0554 e. The van der Waals surface area contributed by atoms with Crippen LogP contribution in [-0.2, 0) is 25.7 Å². The van der Waals surface area contributed by atoms with Crippen LogP contribution in [0.4, 0.5) is 0 Å². The van der Waals surface area contributed by atoms with Crippen LogP contribution in [0, 0.1) is 0 Å². The molecule has 2 nitrogen and oxygen atoms in total. The lowest BCUT2D eigenvalue weighted by molar-refractivity contribution is 0.143. The van der Waals surface area contributed by atoms with Gasteiger partial charge in [-0.2, -0.15) is 0 Å². The molecule has 0 bridgehead atoms. The molecule has 0 aliphatic heterocycles. The molecule has 0 unspecified atom stereocenters. The Morgan fingerprint density at radius 3 is 1.39 bits per heavy atom. The minimum absolute atomic E-state index is 0.0628. The van der Waals surface area contributed by atoms with Gasteiger partial charge in [0.25, 0.3) is 0 Å². The Bertz CT molecular complexity index is 500. The molecule has 0 aliphatic carbocycles. The van der Waals surface area contributed by atoms with Crippen molar-refractivity contribution >= 4 is 15.9 Å². The van der Waals surface area contributed by atoms with Crippen LogP contribution < -0.4 is 0 Å². The highest BCUT2D eigenvalue weighted by atomic mass is 79.9. The van der Waals surface area contributed by atoms with Crippen LogP contribution in [-0.4, -0.2) is 27.4 Å². The van der Waals surface area contributed by atoms with E-state index in [-0.39, 0.29) is 16.2 Å². The number of ether oxygens (including phenoxy) is 2. The largest absolute Gasteiger partial charge is 0.384 e. The average molecular weight is 385 g/mol. The molecule has 0 spiro atoms. The molecule has 0 aliphatic rings. The first-order valence-electron chi connectivity index (χ1n) is 8.19. The molecule has 0 aromatic heterocycles. The Labute approximate surface area is 151 Å². The van der Waals surface area contributed by atoms with E-state index in [4.69, 9.17) is 9.47 Å². The number of halogens is 1. The van der Waals surface area contributed by atoms with E-state index >= 15 is 0 Å². The molecule has 0 saturated heterocycles. The van der Waals surface area contributed by atoms with Crippen LogP contribution in [0.1, 0.15) is 65.2 Å². The fourth-order valence-electron chi connectivity index (χ4n) is 2.92. The topological polar surface area (TPSA) is 18.5 Å². The zero-order chi connectivity index (χ0) is 18.1. The van der Waals surface area contributed by atoms with Gasteiger partial charge < -0.3 is 9.47 Å². The molecule has 0 radical (unpaired) electrons. The van der Waals surface area contributed by atoms with Crippen LogP contribution in [0.25, 0.3) is 0 Å². The molecule has 0 N–H and O–H groups in total. The number of benzene rings is 1. The van der Waals surface area contributed by atoms with Crippen molar-refractivity contribution in [3.05, 3.63) is 33.3 Å². The molecule has 23 heavy (non-hydrogen) atoms. The minimum Gasteiger partial charge on any atom is -0.384 e. The third-order valence-electron chi connectivity index (χ3n) is 4.41. The maximum Gasteiger partial charge on any atom is 0.0554 e. The van der Waals surface area contributed by atoms with Crippen molar-refractivity contribution in [2.45, 2.75) is 64.7 Å². The van der Waals surface area contributed by atoms with Gasteiger partial charge in [-0.15, -0.1) is 0 Å². The van der Waals surface area contributed by atoms with Crippen molar-refractivity contribution in [3.63, 3.8) is 0 Å². The van der Waals surface area contributed by atoms with E-state index in [2.05, 4.69) is 76.5 Å². The van der Waals surface area contributed by atoms with Gasteiger partial charge >= 0.3 is 0 Å². The molecule has 0 amide bonds. The van der Waals surface area contributed by atoms with Crippen molar-refractivity contribution < 1.29 is 9.47 Å². The van der Waals surface area contributed by atoms with Gasteiger partial charge in [0.05, 0.1) is 13.2 Å². The van der Waals surface area contributed by atoms with E-state index in [1.165, 1.54) is 21.2 Å². The summed E-state index contributed by atoms with van der Waals surface area (Å²) in [5, 5.41) is 0. The van der Waals surface area contributed by atoms with Gasteiger partial charge in [-0.3, -0.25) is 0 Å². The molecular formula is C20H33BrO2. The van der Waals surface area contributed by atoms with Gasteiger partial charge in [0, 0.05) is 29.5 Å². The predicted molar refractivity (Wildman–Crippen MR) is 103 cm³/mol. The quantitative estimate of drug-likeness (QED) is 0.635. The maximum atomic E-state index is 5.47. The fraction of sp³-hybridized carbons (Fsp3) is 0.700. The first-order chi connectivity index (χ1) is 10.4. The highest BCUT2D eigenvalue weighted by Crippen LogP contribution is 2.41. The highest BCUT2D eigenvalue weighted by Gasteiger charge is 2.32. The number of rotatable bonds is 6. The van der Waals surface area contributed by atoms with E-state index in [1.807, 2.05) is 0 Å². The fourth-order valence-corrected chi connectivity index (χ4v) is 4.22. The number of hydrogen-bond acceptors (Lipinski definition) is 2. The van der Waals surface area contributed by atoms with E-state index in [0.717, 1.165) is 0 Å². The summed E-state index contributed by atoms with van der Waals surface area (Å²) in [6, 6.07) is 4.66. The molecule has 132 valence electrons. The monoisotopic (exact) mass is 384 g/mol. The van der Waals surface area contributed by atoms with Crippen molar-refractivity contribution in [2.75, 3.05) is 27.4 Å². The third-order valence-corrected chi connectivity index (χ3v) is 5.26. The first kappa shape index (κ1) is 20.7. The maximum absolute atomic E-state index is 5.47. The SMILES string of the molecule is COCC(C)(C)c1cc(C(C)(C)C)cc(C(C)(C)COC)c1Br. The van der Waals surface area contributed by atoms with Gasteiger partial charge in [0.2, 0.25) is 0 Å². The van der Waals surface area contributed by atoms with Crippen LogP contribution in [0.3, 0.4) is 0 Å². The highest BCUT2D eigenvalue weighted by molar-refractivity contribution is 9.10. The second-order valence-corrected chi connectivity index (χ2v) is 9.56. The van der Waals surface area contributed by atoms with Crippen molar-refractivity contribution in [1.82, 2.24) is 0 Å². The van der Waals surface area contributed by atoms with Gasteiger partial charge in [-0.1, -0.05) is 76.5 Å². The number of hydrogen-bond donors (Lipinski definition) is 0. The Hall–Kier alpha value is -0.380. The normalized spacial score (nSPS) is 13.5. The van der Waals surface area contributed by atoms with Crippen molar-refractivity contribution in [3.8, 4) is 0 Å². The van der Waals surface area contributed by atoms with E-state index in [0.29, 0.717) is 13.2 Å². The second kappa shape index (κ2) is 7.25. The summed E-state index contributed by atoms with van der Waals surface area (Å²) in [4.78, 5) is 0. The molecule has 0 saturated carbocycles. The summed E-state index contributed by atoms with van der Waals surface area (Å²) < 4.78 is 12.1. The zero-order valence-corrected chi connectivity index (χ0v) is 17.8. The van der Waals surface area contributed by atoms with E-state index < -0.39 is 0 Å². The van der Waals surface area contributed by atoms with Crippen LogP contribution in [0.2, 0.25) is 0 Å². The lowest BCUT2D eigenvalue weighted by atomic mass is 9.75. The standard InChI is InChI=1S/C20H33BrO2/c1-18(2,3)14-10-15(19(4,5)12-22-8)17(21)16(11-14)20(6,7)13-23-9/h10-11H,12-13H2,1-9H3. The van der Waals surface area contributed by atoms with E-state index in [1.54, 1.807) is 14.2 Å². The lowest BCUT2D eigenvalue weighted by Gasteiger charge is -2.34.